The molecule has 1 unspecified atom stereocenters. The Hall–Kier alpha value is -1.35. The van der Waals surface area contributed by atoms with Gasteiger partial charge in [-0.1, -0.05) is 19.3 Å². The predicted molar refractivity (Wildman–Crippen MR) is 65.1 cm³/mol. The molecule has 0 bridgehead atoms. The minimum absolute atomic E-state index is 0.165. The maximum atomic E-state index is 8.93. The predicted octanol–water partition coefficient (Wildman–Crippen LogP) is 3.81. The van der Waals surface area contributed by atoms with E-state index in [2.05, 4.69) is 12.1 Å². The summed E-state index contributed by atoms with van der Waals surface area (Å²) in [6.07, 6.45) is 10.0. The average molecular weight is 219 g/mol. The summed E-state index contributed by atoms with van der Waals surface area (Å²) in [7, 11) is 0. The third-order valence-corrected chi connectivity index (χ3v) is 2.67. The third kappa shape index (κ3) is 9.21. The van der Waals surface area contributed by atoms with Crippen LogP contribution in [0.1, 0.15) is 57.8 Å². The molecule has 1 N–H and O–H groups in total. The van der Waals surface area contributed by atoms with Gasteiger partial charge in [-0.2, -0.15) is 10.5 Å². The van der Waals surface area contributed by atoms with Crippen LogP contribution in [-0.2, 0) is 0 Å². The molecular weight excluding hydrogens is 198 g/mol. The summed E-state index contributed by atoms with van der Waals surface area (Å²) in [6.45, 7) is 0. The molecule has 0 rings (SSSR count). The van der Waals surface area contributed by atoms with Gasteiger partial charge in [0.25, 0.3) is 0 Å². The van der Waals surface area contributed by atoms with E-state index in [0.717, 1.165) is 51.4 Å². The van der Waals surface area contributed by atoms with E-state index >= 15 is 0 Å². The van der Waals surface area contributed by atoms with E-state index in [0.29, 0.717) is 6.42 Å². The van der Waals surface area contributed by atoms with Crippen molar-refractivity contribution in [2.45, 2.75) is 57.8 Å². The number of unbranched alkanes of at least 4 members (excludes halogenated alkanes) is 5. The molecule has 0 heterocycles. The van der Waals surface area contributed by atoms with E-state index in [9.17, 15) is 0 Å². The molecule has 0 aromatic heterocycles. The van der Waals surface area contributed by atoms with Crippen molar-refractivity contribution in [1.82, 2.24) is 0 Å². The number of hydrogen-bond acceptors (Lipinski definition) is 3. The van der Waals surface area contributed by atoms with Gasteiger partial charge < -0.3 is 5.41 Å². The Morgan fingerprint density at radius 1 is 1.00 bits per heavy atom. The maximum Gasteiger partial charge on any atom is 0.0655 e. The summed E-state index contributed by atoms with van der Waals surface area (Å²) >= 11 is 0. The van der Waals surface area contributed by atoms with Gasteiger partial charge in [0.2, 0.25) is 0 Å². The van der Waals surface area contributed by atoms with Crippen LogP contribution in [0, 0.1) is 34.0 Å². The molecule has 3 heteroatoms. The number of rotatable bonds is 10. The Kier molecular flexibility index (Phi) is 10.7. The lowest BCUT2D eigenvalue weighted by atomic mass is 9.96. The molecule has 16 heavy (non-hydrogen) atoms. The highest BCUT2D eigenvalue weighted by molar-refractivity contribution is 5.52. The van der Waals surface area contributed by atoms with Crippen LogP contribution in [0.3, 0.4) is 0 Å². The minimum Gasteiger partial charge on any atom is -0.313 e. The minimum atomic E-state index is 0.165. The molecule has 88 valence electrons. The van der Waals surface area contributed by atoms with Gasteiger partial charge in [-0.05, 0) is 38.3 Å². The molecule has 1 atom stereocenters. The van der Waals surface area contributed by atoms with Crippen molar-refractivity contribution in [1.29, 1.82) is 15.9 Å². The number of hydrogen-bond donors (Lipinski definition) is 1. The molecular formula is C13H21N3. The summed E-state index contributed by atoms with van der Waals surface area (Å²) in [5.41, 5.74) is 0. The SMILES string of the molecule is N#CCCCCC(C#N)CCCCCC=N. The van der Waals surface area contributed by atoms with Crippen LogP contribution in [0.4, 0.5) is 0 Å². The van der Waals surface area contributed by atoms with Crippen LogP contribution in [-0.4, -0.2) is 6.21 Å². The summed E-state index contributed by atoms with van der Waals surface area (Å²) in [5, 5.41) is 24.2. The van der Waals surface area contributed by atoms with Crippen molar-refractivity contribution in [3.8, 4) is 12.1 Å². The van der Waals surface area contributed by atoms with Crippen molar-refractivity contribution >= 4 is 6.21 Å². The second kappa shape index (κ2) is 11.7. The van der Waals surface area contributed by atoms with Crippen LogP contribution < -0.4 is 0 Å². The van der Waals surface area contributed by atoms with Gasteiger partial charge in [-0.3, -0.25) is 0 Å². The van der Waals surface area contributed by atoms with E-state index in [4.69, 9.17) is 15.9 Å². The molecule has 3 nitrogen and oxygen atoms in total. The maximum absolute atomic E-state index is 8.93. The first-order valence-corrected chi connectivity index (χ1v) is 6.10. The summed E-state index contributed by atoms with van der Waals surface area (Å²) in [6, 6.07) is 4.46. The monoisotopic (exact) mass is 219 g/mol. The molecule has 0 aliphatic carbocycles. The lowest BCUT2D eigenvalue weighted by molar-refractivity contribution is 0.491. The highest BCUT2D eigenvalue weighted by Gasteiger charge is 2.06. The van der Waals surface area contributed by atoms with Crippen LogP contribution in [0.25, 0.3) is 0 Å². The fourth-order valence-electron chi connectivity index (χ4n) is 1.68. The average Bonchev–Trinajstić information content (AvgIpc) is 2.31. The van der Waals surface area contributed by atoms with Crippen LogP contribution in [0.5, 0.6) is 0 Å². The Bertz CT molecular complexity index is 247. The fourth-order valence-corrected chi connectivity index (χ4v) is 1.68. The van der Waals surface area contributed by atoms with Gasteiger partial charge in [0, 0.05) is 12.3 Å². The Balaban J connectivity index is 3.42. The van der Waals surface area contributed by atoms with E-state index in [1.165, 1.54) is 6.21 Å². The Labute approximate surface area is 98.6 Å². The normalized spacial score (nSPS) is 11.4. The van der Waals surface area contributed by atoms with E-state index < -0.39 is 0 Å². The summed E-state index contributed by atoms with van der Waals surface area (Å²) < 4.78 is 0. The van der Waals surface area contributed by atoms with Crippen LogP contribution in [0.2, 0.25) is 0 Å². The Morgan fingerprint density at radius 2 is 1.69 bits per heavy atom. The molecule has 0 saturated heterocycles. The molecule has 0 amide bonds. The van der Waals surface area contributed by atoms with Crippen molar-refractivity contribution in [2.24, 2.45) is 5.92 Å². The van der Waals surface area contributed by atoms with E-state index in [1.807, 2.05) is 0 Å². The zero-order valence-corrected chi connectivity index (χ0v) is 9.91. The van der Waals surface area contributed by atoms with Crippen molar-refractivity contribution in [3.05, 3.63) is 0 Å². The number of nitrogens with one attached hydrogen (secondary N) is 1. The molecule has 0 aromatic rings. The van der Waals surface area contributed by atoms with Crippen LogP contribution in [0.15, 0.2) is 0 Å². The zero-order chi connectivity index (χ0) is 12.1. The second-order valence-corrected chi connectivity index (χ2v) is 4.07. The highest BCUT2D eigenvalue weighted by Crippen LogP contribution is 2.16. The molecule has 0 fully saturated rings. The second-order valence-electron chi connectivity index (χ2n) is 4.07. The molecule has 0 spiro atoms. The van der Waals surface area contributed by atoms with Crippen molar-refractivity contribution in [3.63, 3.8) is 0 Å². The first-order valence-electron chi connectivity index (χ1n) is 6.10. The summed E-state index contributed by atoms with van der Waals surface area (Å²) in [5.74, 6) is 0.165. The summed E-state index contributed by atoms with van der Waals surface area (Å²) in [4.78, 5) is 0. The lowest BCUT2D eigenvalue weighted by Crippen LogP contribution is -1.97. The third-order valence-electron chi connectivity index (χ3n) is 2.67. The smallest absolute Gasteiger partial charge is 0.0655 e. The molecule has 0 aromatic carbocycles. The van der Waals surface area contributed by atoms with E-state index in [1.54, 1.807) is 0 Å². The van der Waals surface area contributed by atoms with Crippen molar-refractivity contribution < 1.29 is 0 Å². The quantitative estimate of drug-likeness (QED) is 0.448. The fraction of sp³-hybridized carbons (Fsp3) is 0.769. The molecule has 0 aliphatic rings. The first kappa shape index (κ1) is 14.6. The topological polar surface area (TPSA) is 71.4 Å². The molecule has 0 radical (unpaired) electrons. The van der Waals surface area contributed by atoms with Gasteiger partial charge in [-0.15, -0.1) is 0 Å². The van der Waals surface area contributed by atoms with E-state index in [-0.39, 0.29) is 5.92 Å². The van der Waals surface area contributed by atoms with Gasteiger partial charge in [0.15, 0.2) is 0 Å². The first-order chi connectivity index (χ1) is 7.85. The largest absolute Gasteiger partial charge is 0.313 e. The van der Waals surface area contributed by atoms with Gasteiger partial charge in [0.05, 0.1) is 12.1 Å². The lowest BCUT2D eigenvalue weighted by Gasteiger charge is -2.07. The number of nitriles is 2. The number of nitrogens with zero attached hydrogens (tertiary/aromatic N) is 2. The van der Waals surface area contributed by atoms with Gasteiger partial charge >= 0.3 is 0 Å². The van der Waals surface area contributed by atoms with Crippen LogP contribution >= 0.6 is 0 Å². The standard InChI is InChI=1S/C13H21N3/c14-10-6-2-1-4-8-13(12-16)9-5-3-7-11-15/h10,13-14H,1-9H2. The van der Waals surface area contributed by atoms with Crippen molar-refractivity contribution in [2.75, 3.05) is 0 Å². The molecule has 0 saturated carbocycles. The highest BCUT2D eigenvalue weighted by atomic mass is 14.3. The van der Waals surface area contributed by atoms with Gasteiger partial charge in [0.1, 0.15) is 0 Å². The zero-order valence-electron chi connectivity index (χ0n) is 9.91. The van der Waals surface area contributed by atoms with Gasteiger partial charge in [-0.25, -0.2) is 0 Å². The Morgan fingerprint density at radius 3 is 2.25 bits per heavy atom. The molecule has 0 aliphatic heterocycles.